The predicted octanol–water partition coefficient (Wildman–Crippen LogP) is 3.42. The van der Waals surface area contributed by atoms with Gasteiger partial charge < -0.3 is 4.74 Å². The number of aromatic nitrogens is 1. The Morgan fingerprint density at radius 3 is 2.88 bits per heavy atom. The maximum Gasteiger partial charge on any atom is 0.0705 e. The Hall–Kier alpha value is -1.12. The summed E-state index contributed by atoms with van der Waals surface area (Å²) in [5, 5.41) is 1.25. The van der Waals surface area contributed by atoms with Gasteiger partial charge in [-0.3, -0.25) is 4.98 Å². The van der Waals surface area contributed by atoms with E-state index in [0.717, 1.165) is 24.1 Å². The molecule has 2 nitrogen and oxygen atoms in total. The van der Waals surface area contributed by atoms with E-state index >= 15 is 0 Å². The van der Waals surface area contributed by atoms with Crippen LogP contribution in [0.25, 0.3) is 10.9 Å². The fourth-order valence-corrected chi connectivity index (χ4v) is 2.04. The molecular weight excluding hydrogens is 234 g/mol. The number of hydrogen-bond donors (Lipinski definition) is 0. The van der Waals surface area contributed by atoms with E-state index in [4.69, 9.17) is 16.3 Å². The third-order valence-corrected chi connectivity index (χ3v) is 3.09. The van der Waals surface area contributed by atoms with E-state index in [1.54, 1.807) is 7.11 Å². The Morgan fingerprint density at radius 1 is 1.24 bits per heavy atom. The molecule has 90 valence electrons. The predicted molar refractivity (Wildman–Crippen MR) is 71.6 cm³/mol. The Labute approximate surface area is 107 Å². The van der Waals surface area contributed by atoms with Crippen molar-refractivity contribution in [1.29, 1.82) is 0 Å². The first-order chi connectivity index (χ1) is 8.29. The van der Waals surface area contributed by atoms with Crippen LogP contribution in [0.2, 0.25) is 0 Å². The van der Waals surface area contributed by atoms with Gasteiger partial charge in [-0.15, -0.1) is 11.6 Å². The summed E-state index contributed by atoms with van der Waals surface area (Å²) in [6.45, 7) is 0.696. The zero-order valence-corrected chi connectivity index (χ0v) is 10.7. The molecule has 0 radical (unpaired) electrons. The molecule has 1 heterocycles. The molecule has 1 aromatic heterocycles. The van der Waals surface area contributed by atoms with E-state index < -0.39 is 0 Å². The van der Waals surface area contributed by atoms with Crippen molar-refractivity contribution >= 4 is 22.5 Å². The molecule has 2 rings (SSSR count). The van der Waals surface area contributed by atoms with Crippen LogP contribution in [0, 0.1) is 0 Å². The smallest absolute Gasteiger partial charge is 0.0705 e. The summed E-state index contributed by atoms with van der Waals surface area (Å²) in [4.78, 5) is 4.60. The van der Waals surface area contributed by atoms with Gasteiger partial charge in [-0.05, 0) is 18.6 Å². The topological polar surface area (TPSA) is 22.1 Å². The minimum absolute atomic E-state index is 0.0867. The molecule has 0 N–H and O–H groups in total. The number of benzene rings is 1. The number of methoxy groups -OCH3 is 1. The summed E-state index contributed by atoms with van der Waals surface area (Å²) in [6, 6.07) is 12.3. The monoisotopic (exact) mass is 249 g/mol. The number of pyridine rings is 1. The van der Waals surface area contributed by atoms with Gasteiger partial charge in [0.2, 0.25) is 0 Å². The van der Waals surface area contributed by atoms with Crippen LogP contribution in [0.1, 0.15) is 12.1 Å². The fourth-order valence-electron chi connectivity index (χ4n) is 1.80. The molecule has 0 aliphatic heterocycles. The first-order valence-corrected chi connectivity index (χ1v) is 6.21. The number of ether oxygens (including phenoxy) is 1. The highest BCUT2D eigenvalue weighted by atomic mass is 35.5. The van der Waals surface area contributed by atoms with Gasteiger partial charge in [0.25, 0.3) is 0 Å². The number of alkyl halides is 1. The van der Waals surface area contributed by atoms with E-state index in [-0.39, 0.29) is 5.38 Å². The molecule has 1 atom stereocenters. The van der Waals surface area contributed by atoms with Gasteiger partial charge in [-0.1, -0.05) is 24.3 Å². The van der Waals surface area contributed by atoms with Crippen LogP contribution in [0.15, 0.2) is 36.4 Å². The van der Waals surface area contributed by atoms with Crippen LogP contribution in [0.5, 0.6) is 0 Å². The number of halogens is 1. The highest BCUT2D eigenvalue weighted by Gasteiger charge is 2.07. The number of rotatable bonds is 5. The third-order valence-electron chi connectivity index (χ3n) is 2.72. The van der Waals surface area contributed by atoms with Crippen LogP contribution in [-0.4, -0.2) is 24.1 Å². The van der Waals surface area contributed by atoms with Crippen LogP contribution >= 0.6 is 11.6 Å². The Bertz CT molecular complexity index is 486. The first-order valence-electron chi connectivity index (χ1n) is 5.77. The van der Waals surface area contributed by atoms with E-state index in [1.807, 2.05) is 24.3 Å². The molecule has 0 saturated carbocycles. The van der Waals surface area contributed by atoms with Crippen LogP contribution in [0.3, 0.4) is 0 Å². The average molecular weight is 250 g/mol. The lowest BCUT2D eigenvalue weighted by Gasteiger charge is -2.08. The summed E-state index contributed by atoms with van der Waals surface area (Å²) in [7, 11) is 1.69. The molecule has 1 aromatic carbocycles. The number of fused-ring (bicyclic) bond motifs is 1. The van der Waals surface area contributed by atoms with Crippen molar-refractivity contribution in [2.24, 2.45) is 0 Å². The Kier molecular flexibility index (Phi) is 4.35. The lowest BCUT2D eigenvalue weighted by Crippen LogP contribution is -2.08. The molecule has 0 bridgehead atoms. The van der Waals surface area contributed by atoms with Gasteiger partial charge in [0.05, 0.1) is 5.52 Å². The van der Waals surface area contributed by atoms with Crippen molar-refractivity contribution in [3.05, 3.63) is 42.1 Å². The quantitative estimate of drug-likeness (QED) is 0.758. The third kappa shape index (κ3) is 3.42. The van der Waals surface area contributed by atoms with Gasteiger partial charge in [0.15, 0.2) is 0 Å². The molecule has 1 unspecified atom stereocenters. The molecular formula is C14H16ClNO. The van der Waals surface area contributed by atoms with Crippen molar-refractivity contribution in [3.8, 4) is 0 Å². The van der Waals surface area contributed by atoms with E-state index in [9.17, 15) is 0 Å². The van der Waals surface area contributed by atoms with Crippen molar-refractivity contribution in [1.82, 2.24) is 4.98 Å². The van der Waals surface area contributed by atoms with Crippen molar-refractivity contribution < 1.29 is 4.74 Å². The minimum atomic E-state index is 0.0867. The molecule has 2 aromatic rings. The Balaban J connectivity index is 2.08. The zero-order valence-electron chi connectivity index (χ0n) is 9.90. The first kappa shape index (κ1) is 12.3. The molecule has 0 spiro atoms. The van der Waals surface area contributed by atoms with Gasteiger partial charge in [-0.25, -0.2) is 0 Å². The van der Waals surface area contributed by atoms with Crippen LogP contribution in [0.4, 0.5) is 0 Å². The molecule has 0 saturated heterocycles. The van der Waals surface area contributed by atoms with E-state index in [0.29, 0.717) is 6.61 Å². The van der Waals surface area contributed by atoms with Gasteiger partial charge in [0, 0.05) is 36.6 Å². The number of hydrogen-bond acceptors (Lipinski definition) is 2. The van der Waals surface area contributed by atoms with Crippen molar-refractivity contribution in [3.63, 3.8) is 0 Å². The molecule has 17 heavy (non-hydrogen) atoms. The summed E-state index contributed by atoms with van der Waals surface area (Å²) in [5.74, 6) is 0. The van der Waals surface area contributed by atoms with E-state index in [1.165, 1.54) is 5.39 Å². The second-order valence-electron chi connectivity index (χ2n) is 4.08. The number of nitrogens with zero attached hydrogens (tertiary/aromatic N) is 1. The highest BCUT2D eigenvalue weighted by Crippen LogP contribution is 2.15. The van der Waals surface area contributed by atoms with Crippen LogP contribution in [-0.2, 0) is 11.2 Å². The van der Waals surface area contributed by atoms with E-state index in [2.05, 4.69) is 17.1 Å². The highest BCUT2D eigenvalue weighted by molar-refractivity contribution is 6.20. The lowest BCUT2D eigenvalue weighted by atomic mass is 10.1. The lowest BCUT2D eigenvalue weighted by molar-refractivity contribution is 0.193. The van der Waals surface area contributed by atoms with Crippen molar-refractivity contribution in [2.45, 2.75) is 18.2 Å². The average Bonchev–Trinajstić information content (AvgIpc) is 2.36. The fraction of sp³-hybridized carbons (Fsp3) is 0.357. The standard InChI is InChI=1S/C14H16ClNO/c1-17-9-8-12(15)10-13-7-6-11-4-2-3-5-14(11)16-13/h2-7,12H,8-10H2,1H3. The summed E-state index contributed by atoms with van der Waals surface area (Å²) >= 11 is 6.23. The Morgan fingerprint density at radius 2 is 2.06 bits per heavy atom. The molecule has 0 aliphatic rings. The molecule has 0 aliphatic carbocycles. The largest absolute Gasteiger partial charge is 0.385 e. The van der Waals surface area contributed by atoms with Crippen molar-refractivity contribution in [2.75, 3.05) is 13.7 Å². The summed E-state index contributed by atoms with van der Waals surface area (Å²) < 4.78 is 5.02. The summed E-state index contributed by atoms with van der Waals surface area (Å²) in [5.41, 5.74) is 2.07. The summed E-state index contributed by atoms with van der Waals surface area (Å²) in [6.07, 6.45) is 1.64. The molecule has 0 amide bonds. The number of para-hydroxylation sites is 1. The second-order valence-corrected chi connectivity index (χ2v) is 4.70. The van der Waals surface area contributed by atoms with Gasteiger partial charge in [0.1, 0.15) is 0 Å². The van der Waals surface area contributed by atoms with Gasteiger partial charge >= 0.3 is 0 Å². The maximum absolute atomic E-state index is 6.23. The molecule has 3 heteroatoms. The molecule has 0 fully saturated rings. The normalized spacial score (nSPS) is 12.8. The minimum Gasteiger partial charge on any atom is -0.385 e. The second kappa shape index (κ2) is 5.99. The maximum atomic E-state index is 6.23. The SMILES string of the molecule is COCCC(Cl)Cc1ccc2ccccc2n1. The van der Waals surface area contributed by atoms with Crippen LogP contribution < -0.4 is 0 Å². The zero-order chi connectivity index (χ0) is 12.1. The van der Waals surface area contributed by atoms with Gasteiger partial charge in [-0.2, -0.15) is 0 Å².